The van der Waals surface area contributed by atoms with Gasteiger partial charge >= 0.3 is 6.18 Å². The molecule has 0 heterocycles. The summed E-state index contributed by atoms with van der Waals surface area (Å²) in [6.45, 7) is 3.69. The quantitative estimate of drug-likeness (QED) is 0.873. The molecule has 1 aromatic carbocycles. The van der Waals surface area contributed by atoms with Gasteiger partial charge in [0.15, 0.2) is 0 Å². The highest BCUT2D eigenvalue weighted by Crippen LogP contribution is 2.31. The largest absolute Gasteiger partial charge is 0.416 e. The van der Waals surface area contributed by atoms with E-state index < -0.39 is 17.8 Å². The summed E-state index contributed by atoms with van der Waals surface area (Å²) in [6.07, 6.45) is -3.84. The van der Waals surface area contributed by atoms with Crippen LogP contribution in [0, 0.1) is 5.92 Å². The number of amides is 1. The predicted molar refractivity (Wildman–Crippen MR) is 78.1 cm³/mol. The van der Waals surface area contributed by atoms with Crippen molar-refractivity contribution >= 4 is 18.3 Å². The van der Waals surface area contributed by atoms with Crippen molar-refractivity contribution in [3.05, 3.63) is 35.4 Å². The molecular formula is C14H20ClF3N2O. The van der Waals surface area contributed by atoms with Gasteiger partial charge in [-0.25, -0.2) is 0 Å². The van der Waals surface area contributed by atoms with Crippen LogP contribution in [0.3, 0.4) is 0 Å². The molecule has 21 heavy (non-hydrogen) atoms. The molecule has 0 saturated carbocycles. The monoisotopic (exact) mass is 324 g/mol. The Kier molecular flexibility index (Phi) is 7.74. The second-order valence-electron chi connectivity index (χ2n) is 5.08. The van der Waals surface area contributed by atoms with Gasteiger partial charge in [0.25, 0.3) is 0 Å². The maximum absolute atomic E-state index is 12.7. The Hall–Kier alpha value is -1.27. The molecular weight excluding hydrogens is 305 g/mol. The minimum atomic E-state index is -4.39. The summed E-state index contributed by atoms with van der Waals surface area (Å²) in [5, 5.41) is 2.66. The summed E-state index contributed by atoms with van der Waals surface area (Å²) in [7, 11) is 0. The fraction of sp³-hybridized carbons (Fsp3) is 0.500. The van der Waals surface area contributed by atoms with Gasteiger partial charge < -0.3 is 11.1 Å². The normalized spacial score (nSPS) is 12.7. The van der Waals surface area contributed by atoms with E-state index in [9.17, 15) is 18.0 Å². The second kappa shape index (κ2) is 8.24. The van der Waals surface area contributed by atoms with Crippen LogP contribution in [0.25, 0.3) is 0 Å². The summed E-state index contributed by atoms with van der Waals surface area (Å²) in [6, 6.07) is 4.55. The standard InChI is InChI=1S/C14H19F3N2O.ClH/c1-9(2)6-12(19-13(20)8-18)10-4-3-5-11(7-10)14(15,16)17;/h3-5,7,9,12H,6,8,18H2,1-2H3,(H,19,20);1H. The van der Waals surface area contributed by atoms with E-state index in [1.807, 2.05) is 13.8 Å². The van der Waals surface area contributed by atoms with Crippen molar-refractivity contribution in [3.8, 4) is 0 Å². The van der Waals surface area contributed by atoms with Crippen LogP contribution >= 0.6 is 12.4 Å². The molecule has 1 aromatic rings. The van der Waals surface area contributed by atoms with Crippen molar-refractivity contribution in [1.82, 2.24) is 5.32 Å². The fourth-order valence-electron chi connectivity index (χ4n) is 1.93. The van der Waals surface area contributed by atoms with Crippen molar-refractivity contribution in [2.24, 2.45) is 11.7 Å². The number of alkyl halides is 3. The lowest BCUT2D eigenvalue weighted by Gasteiger charge is -2.22. The van der Waals surface area contributed by atoms with Gasteiger partial charge in [0.05, 0.1) is 18.2 Å². The van der Waals surface area contributed by atoms with E-state index in [-0.39, 0.29) is 30.8 Å². The van der Waals surface area contributed by atoms with Gasteiger partial charge in [0.1, 0.15) is 0 Å². The number of hydrogen-bond donors (Lipinski definition) is 2. The molecule has 0 radical (unpaired) electrons. The third-order valence-electron chi connectivity index (χ3n) is 2.84. The summed E-state index contributed by atoms with van der Waals surface area (Å²) in [5.41, 5.74) is 4.96. The van der Waals surface area contributed by atoms with Crippen LogP contribution in [-0.4, -0.2) is 12.5 Å². The SMILES string of the molecule is CC(C)CC(NC(=O)CN)c1cccc(C(F)(F)F)c1.Cl. The van der Waals surface area contributed by atoms with Crippen molar-refractivity contribution in [3.63, 3.8) is 0 Å². The van der Waals surface area contributed by atoms with Gasteiger partial charge in [0, 0.05) is 0 Å². The minimum absolute atomic E-state index is 0. The summed E-state index contributed by atoms with van der Waals surface area (Å²) < 4.78 is 38.1. The zero-order chi connectivity index (χ0) is 15.3. The third kappa shape index (κ3) is 6.35. The molecule has 0 aliphatic carbocycles. The number of benzene rings is 1. The van der Waals surface area contributed by atoms with E-state index in [1.54, 1.807) is 6.07 Å². The lowest BCUT2D eigenvalue weighted by molar-refractivity contribution is -0.137. The Labute approximate surface area is 128 Å². The number of rotatable bonds is 5. The van der Waals surface area contributed by atoms with Crippen molar-refractivity contribution in [2.45, 2.75) is 32.5 Å². The minimum Gasteiger partial charge on any atom is -0.348 e. The molecule has 0 fully saturated rings. The highest BCUT2D eigenvalue weighted by atomic mass is 35.5. The van der Waals surface area contributed by atoms with E-state index in [0.717, 1.165) is 12.1 Å². The van der Waals surface area contributed by atoms with Crippen LogP contribution in [-0.2, 0) is 11.0 Å². The maximum Gasteiger partial charge on any atom is 0.416 e. The molecule has 0 aliphatic heterocycles. The number of carbonyl (C=O) groups is 1. The molecule has 0 spiro atoms. The van der Waals surface area contributed by atoms with Gasteiger partial charge in [0.2, 0.25) is 5.91 Å². The molecule has 0 bridgehead atoms. The highest BCUT2D eigenvalue weighted by Gasteiger charge is 2.31. The first-order chi connectivity index (χ1) is 9.24. The number of carbonyl (C=O) groups excluding carboxylic acids is 1. The number of halogens is 4. The Morgan fingerprint density at radius 3 is 2.43 bits per heavy atom. The Morgan fingerprint density at radius 2 is 1.95 bits per heavy atom. The van der Waals surface area contributed by atoms with Crippen LogP contribution in [0.1, 0.15) is 37.4 Å². The van der Waals surface area contributed by atoms with Gasteiger partial charge in [-0.1, -0.05) is 26.0 Å². The van der Waals surface area contributed by atoms with E-state index in [2.05, 4.69) is 5.32 Å². The average Bonchev–Trinajstić information content (AvgIpc) is 2.36. The van der Waals surface area contributed by atoms with Crippen molar-refractivity contribution < 1.29 is 18.0 Å². The molecule has 0 aliphatic rings. The molecule has 0 aromatic heterocycles. The van der Waals surface area contributed by atoms with Gasteiger partial charge in [-0.15, -0.1) is 12.4 Å². The fourth-order valence-corrected chi connectivity index (χ4v) is 1.93. The van der Waals surface area contributed by atoms with Crippen LogP contribution in [0.4, 0.5) is 13.2 Å². The molecule has 7 heteroatoms. The zero-order valence-electron chi connectivity index (χ0n) is 11.9. The van der Waals surface area contributed by atoms with Crippen molar-refractivity contribution in [1.29, 1.82) is 0 Å². The van der Waals surface area contributed by atoms with E-state index in [1.165, 1.54) is 6.07 Å². The molecule has 1 unspecified atom stereocenters. The van der Waals surface area contributed by atoms with E-state index in [4.69, 9.17) is 5.73 Å². The van der Waals surface area contributed by atoms with Gasteiger partial charge in [-0.2, -0.15) is 13.2 Å². The number of nitrogens with one attached hydrogen (secondary N) is 1. The van der Waals surface area contributed by atoms with E-state index >= 15 is 0 Å². The molecule has 1 atom stereocenters. The van der Waals surface area contributed by atoms with Crippen LogP contribution in [0.2, 0.25) is 0 Å². The number of hydrogen-bond acceptors (Lipinski definition) is 2. The molecule has 1 rings (SSSR count). The lowest BCUT2D eigenvalue weighted by atomic mass is 9.95. The van der Waals surface area contributed by atoms with Crippen molar-refractivity contribution in [2.75, 3.05) is 6.54 Å². The van der Waals surface area contributed by atoms with Gasteiger partial charge in [-0.3, -0.25) is 4.79 Å². The van der Waals surface area contributed by atoms with Crippen LogP contribution < -0.4 is 11.1 Å². The van der Waals surface area contributed by atoms with Crippen LogP contribution in [0.5, 0.6) is 0 Å². The second-order valence-corrected chi connectivity index (χ2v) is 5.08. The Morgan fingerprint density at radius 1 is 1.33 bits per heavy atom. The lowest BCUT2D eigenvalue weighted by Crippen LogP contribution is -2.34. The zero-order valence-corrected chi connectivity index (χ0v) is 12.7. The molecule has 120 valence electrons. The first-order valence-electron chi connectivity index (χ1n) is 6.40. The predicted octanol–water partition coefficient (Wildman–Crippen LogP) is 3.29. The summed E-state index contributed by atoms with van der Waals surface area (Å²) in [4.78, 5) is 11.4. The molecule has 0 saturated heterocycles. The maximum atomic E-state index is 12.7. The topological polar surface area (TPSA) is 55.1 Å². The Balaban J connectivity index is 0.00000400. The molecule has 1 amide bonds. The van der Waals surface area contributed by atoms with Crippen LogP contribution in [0.15, 0.2) is 24.3 Å². The smallest absolute Gasteiger partial charge is 0.348 e. The first kappa shape index (κ1) is 19.7. The van der Waals surface area contributed by atoms with E-state index in [0.29, 0.717) is 12.0 Å². The molecule has 3 N–H and O–H groups in total. The van der Waals surface area contributed by atoms with Gasteiger partial charge in [-0.05, 0) is 30.0 Å². The molecule has 3 nitrogen and oxygen atoms in total. The third-order valence-corrected chi connectivity index (χ3v) is 2.84. The Bertz CT molecular complexity index is 464. The highest BCUT2D eigenvalue weighted by molar-refractivity contribution is 5.85. The number of nitrogens with two attached hydrogens (primary N) is 1. The summed E-state index contributed by atoms with van der Waals surface area (Å²) >= 11 is 0. The first-order valence-corrected chi connectivity index (χ1v) is 6.40. The summed E-state index contributed by atoms with van der Waals surface area (Å²) in [5.74, 6) is -0.152. The average molecular weight is 325 g/mol.